The van der Waals surface area contributed by atoms with Crippen LogP contribution in [0.1, 0.15) is 39.4 Å². The van der Waals surface area contributed by atoms with Crippen molar-refractivity contribution >= 4 is 24.0 Å². The second kappa shape index (κ2) is 6.59. The number of hydrogen-bond acceptors (Lipinski definition) is 2. The van der Waals surface area contributed by atoms with Crippen molar-refractivity contribution in [2.24, 2.45) is 0 Å². The Balaban J connectivity index is 1.70. The van der Waals surface area contributed by atoms with E-state index in [1.165, 1.54) is 0 Å². The summed E-state index contributed by atoms with van der Waals surface area (Å²) in [5.41, 5.74) is 6.83. The molecule has 0 saturated heterocycles. The van der Waals surface area contributed by atoms with E-state index in [0.717, 1.165) is 45.5 Å². The van der Waals surface area contributed by atoms with Gasteiger partial charge in [-0.05, 0) is 40.8 Å². The molecule has 1 aliphatic heterocycles. The maximum Gasteiger partial charge on any atom is 0.233 e. The van der Waals surface area contributed by atoms with Crippen molar-refractivity contribution in [3.05, 3.63) is 94.3 Å². The van der Waals surface area contributed by atoms with Crippen LogP contribution >= 0.6 is 0 Å². The average Bonchev–Trinajstić information content (AvgIpc) is 3.37. The molecule has 1 amide bonds. The van der Waals surface area contributed by atoms with E-state index in [1.807, 2.05) is 49.5 Å². The van der Waals surface area contributed by atoms with E-state index in [-0.39, 0.29) is 11.8 Å². The van der Waals surface area contributed by atoms with E-state index in [2.05, 4.69) is 34.6 Å². The van der Waals surface area contributed by atoms with Crippen LogP contribution in [0, 0.1) is 6.92 Å². The summed E-state index contributed by atoms with van der Waals surface area (Å²) in [5, 5.41) is 3.07. The lowest BCUT2D eigenvalue weighted by molar-refractivity contribution is -0.118. The third-order valence-corrected chi connectivity index (χ3v) is 6.39. The van der Waals surface area contributed by atoms with Gasteiger partial charge in [-0.15, -0.1) is 0 Å². The van der Waals surface area contributed by atoms with Crippen molar-refractivity contribution in [2.75, 3.05) is 5.32 Å². The first-order valence-corrected chi connectivity index (χ1v) is 9.92. The summed E-state index contributed by atoms with van der Waals surface area (Å²) in [4.78, 5) is 27.9. The highest BCUT2D eigenvalue weighted by Gasteiger charge is 2.50. The molecule has 5 rings (SSSR count). The van der Waals surface area contributed by atoms with Gasteiger partial charge in [0.1, 0.15) is 6.29 Å². The number of benzene rings is 2. The Morgan fingerprint density at radius 3 is 2.76 bits per heavy atom. The van der Waals surface area contributed by atoms with Gasteiger partial charge in [0, 0.05) is 35.8 Å². The maximum absolute atomic E-state index is 13.2. The molecular weight excluding hydrogens is 360 g/mol. The fourth-order valence-electron chi connectivity index (χ4n) is 5.05. The molecule has 0 bridgehead atoms. The second-order valence-corrected chi connectivity index (χ2v) is 7.95. The van der Waals surface area contributed by atoms with Crippen LogP contribution in [0.5, 0.6) is 0 Å². The van der Waals surface area contributed by atoms with Gasteiger partial charge in [-0.3, -0.25) is 4.79 Å². The maximum atomic E-state index is 13.2. The van der Waals surface area contributed by atoms with E-state index in [9.17, 15) is 9.59 Å². The largest absolute Gasteiger partial charge is 0.364 e. The van der Waals surface area contributed by atoms with Crippen molar-refractivity contribution < 1.29 is 9.59 Å². The van der Waals surface area contributed by atoms with Crippen molar-refractivity contribution in [1.82, 2.24) is 4.98 Å². The highest BCUT2D eigenvalue weighted by Crippen LogP contribution is 2.52. The molecule has 1 aliphatic carbocycles. The van der Waals surface area contributed by atoms with E-state index < -0.39 is 5.41 Å². The fourth-order valence-corrected chi connectivity index (χ4v) is 5.05. The van der Waals surface area contributed by atoms with E-state index >= 15 is 0 Å². The van der Waals surface area contributed by atoms with Gasteiger partial charge in [0.2, 0.25) is 5.91 Å². The molecule has 0 saturated carbocycles. The first-order valence-electron chi connectivity index (χ1n) is 9.92. The Morgan fingerprint density at radius 2 is 1.90 bits per heavy atom. The molecule has 2 N–H and O–H groups in total. The first-order chi connectivity index (χ1) is 14.1. The molecule has 2 unspecified atom stereocenters. The van der Waals surface area contributed by atoms with Gasteiger partial charge < -0.3 is 15.1 Å². The monoisotopic (exact) mass is 382 g/mol. The van der Waals surface area contributed by atoms with E-state index in [4.69, 9.17) is 0 Å². The summed E-state index contributed by atoms with van der Waals surface area (Å²) in [5.74, 6) is -0.306. The Bertz CT molecular complexity index is 1160. The number of fused-ring (bicyclic) bond motifs is 2. The predicted molar refractivity (Wildman–Crippen MR) is 114 cm³/mol. The highest BCUT2D eigenvalue weighted by atomic mass is 16.2. The van der Waals surface area contributed by atoms with Gasteiger partial charge in [-0.1, -0.05) is 54.6 Å². The SMILES string of the molecule is Cc1c[nH]c(CC2(C3C(=O)Nc4ccccc43)C=Cc3ccccc32)c1CC=O. The van der Waals surface area contributed by atoms with E-state index in [1.54, 1.807) is 0 Å². The molecular formula is C25H22N2O2. The normalized spacial score (nSPS) is 21.7. The van der Waals surface area contributed by atoms with Gasteiger partial charge in [0.05, 0.1) is 5.92 Å². The number of hydrogen-bond donors (Lipinski definition) is 2. The van der Waals surface area contributed by atoms with Gasteiger partial charge >= 0.3 is 0 Å². The molecule has 2 aliphatic rings. The molecule has 4 nitrogen and oxygen atoms in total. The number of aromatic amines is 1. The standard InChI is InChI=1S/C25H22N2O2/c1-16-15-26-22(18(16)11-13-28)14-25(12-10-17-6-2-4-8-20(17)25)23-19-7-3-5-9-21(19)27-24(23)29/h2-10,12-13,15,23,26H,11,14H2,1H3,(H,27,29). The third kappa shape index (κ3) is 2.59. The molecule has 3 aromatic rings. The van der Waals surface area contributed by atoms with Crippen molar-refractivity contribution in [3.8, 4) is 0 Å². The Labute approximate surface area is 169 Å². The van der Waals surface area contributed by atoms with Crippen molar-refractivity contribution in [1.29, 1.82) is 0 Å². The zero-order valence-corrected chi connectivity index (χ0v) is 16.2. The molecule has 0 fully saturated rings. The van der Waals surface area contributed by atoms with Crippen LogP contribution in [0.15, 0.2) is 60.8 Å². The number of rotatable bonds is 5. The van der Waals surface area contributed by atoms with Gasteiger partial charge in [-0.2, -0.15) is 0 Å². The average molecular weight is 382 g/mol. The number of nitrogens with one attached hydrogen (secondary N) is 2. The number of aromatic nitrogens is 1. The smallest absolute Gasteiger partial charge is 0.233 e. The minimum absolute atomic E-state index is 0.0211. The summed E-state index contributed by atoms with van der Waals surface area (Å²) in [6.45, 7) is 2.02. The minimum atomic E-state index is -0.512. The molecule has 0 spiro atoms. The lowest BCUT2D eigenvalue weighted by Gasteiger charge is -2.34. The minimum Gasteiger partial charge on any atom is -0.364 e. The zero-order valence-electron chi connectivity index (χ0n) is 16.2. The fraction of sp³-hybridized carbons (Fsp3) is 0.200. The number of aryl methyl sites for hydroxylation is 1. The molecule has 4 heteroatoms. The summed E-state index contributed by atoms with van der Waals surface area (Å²) in [6.07, 6.45) is 8.21. The number of H-pyrrole nitrogens is 1. The topological polar surface area (TPSA) is 62.0 Å². The van der Waals surface area contributed by atoms with Crippen LogP contribution < -0.4 is 5.32 Å². The van der Waals surface area contributed by atoms with Crippen LogP contribution in [-0.4, -0.2) is 17.2 Å². The Kier molecular flexibility index (Phi) is 4.02. The number of amides is 1. The first kappa shape index (κ1) is 17.7. The number of allylic oxidation sites excluding steroid dienone is 1. The molecule has 0 radical (unpaired) electrons. The highest BCUT2D eigenvalue weighted by molar-refractivity contribution is 6.05. The summed E-state index contributed by atoms with van der Waals surface area (Å²) in [6, 6.07) is 16.2. The predicted octanol–water partition coefficient (Wildman–Crippen LogP) is 4.31. The van der Waals surface area contributed by atoms with Crippen molar-refractivity contribution in [3.63, 3.8) is 0 Å². The zero-order chi connectivity index (χ0) is 20.0. The van der Waals surface area contributed by atoms with Gasteiger partial charge in [0.15, 0.2) is 0 Å². The molecule has 2 heterocycles. The number of para-hydroxylation sites is 1. The molecule has 29 heavy (non-hydrogen) atoms. The van der Waals surface area contributed by atoms with Gasteiger partial charge in [0.25, 0.3) is 0 Å². The summed E-state index contributed by atoms with van der Waals surface area (Å²) in [7, 11) is 0. The Hall–Kier alpha value is -3.40. The van der Waals surface area contributed by atoms with Gasteiger partial charge in [-0.25, -0.2) is 0 Å². The summed E-state index contributed by atoms with van der Waals surface area (Å²) >= 11 is 0. The van der Waals surface area contributed by atoms with Crippen LogP contribution in [0.4, 0.5) is 5.69 Å². The number of aldehydes is 1. The van der Waals surface area contributed by atoms with Crippen LogP contribution in [0.3, 0.4) is 0 Å². The number of carbonyl (C=O) groups excluding carboxylic acids is 2. The van der Waals surface area contributed by atoms with E-state index in [0.29, 0.717) is 12.8 Å². The lowest BCUT2D eigenvalue weighted by atomic mass is 9.66. The summed E-state index contributed by atoms with van der Waals surface area (Å²) < 4.78 is 0. The van der Waals surface area contributed by atoms with Crippen LogP contribution in [0.25, 0.3) is 6.08 Å². The number of anilines is 1. The number of carbonyl (C=O) groups is 2. The second-order valence-electron chi connectivity index (χ2n) is 7.95. The Morgan fingerprint density at radius 1 is 1.10 bits per heavy atom. The molecule has 2 aromatic carbocycles. The van der Waals surface area contributed by atoms with Crippen LogP contribution in [-0.2, 0) is 27.8 Å². The van der Waals surface area contributed by atoms with Crippen molar-refractivity contribution in [2.45, 2.75) is 31.1 Å². The molecule has 144 valence electrons. The third-order valence-electron chi connectivity index (χ3n) is 6.39. The lowest BCUT2D eigenvalue weighted by Crippen LogP contribution is -2.37. The molecule has 1 aromatic heterocycles. The van der Waals surface area contributed by atoms with Crippen LogP contribution in [0.2, 0.25) is 0 Å². The quantitative estimate of drug-likeness (QED) is 0.646. The molecule has 2 atom stereocenters.